The average Bonchev–Trinajstić information content (AvgIpc) is 2.97. The molecule has 6 nitrogen and oxygen atoms in total. The van der Waals surface area contributed by atoms with E-state index in [1.54, 1.807) is 25.0 Å². The number of imidazole rings is 2. The van der Waals surface area contributed by atoms with Crippen molar-refractivity contribution < 1.29 is 5.11 Å². The average molecular weight is 235 g/mol. The van der Waals surface area contributed by atoms with Gasteiger partial charge in [-0.2, -0.15) is 0 Å². The first kappa shape index (κ1) is 11.8. The molecule has 0 bridgehead atoms. The Morgan fingerprint density at radius 1 is 1.41 bits per heavy atom. The summed E-state index contributed by atoms with van der Waals surface area (Å²) in [6, 6.07) is -0.179. The monoisotopic (exact) mass is 235 g/mol. The van der Waals surface area contributed by atoms with Gasteiger partial charge in [0, 0.05) is 31.2 Å². The van der Waals surface area contributed by atoms with Gasteiger partial charge < -0.3 is 20.0 Å². The summed E-state index contributed by atoms with van der Waals surface area (Å²) in [5.74, 6) is 0. The van der Waals surface area contributed by atoms with Crippen LogP contribution in [0.5, 0.6) is 0 Å². The third kappa shape index (κ3) is 2.54. The van der Waals surface area contributed by atoms with E-state index < -0.39 is 0 Å². The Labute approximate surface area is 99.7 Å². The zero-order chi connectivity index (χ0) is 12.3. The van der Waals surface area contributed by atoms with Crippen molar-refractivity contribution in [1.29, 1.82) is 0 Å². The van der Waals surface area contributed by atoms with E-state index >= 15 is 0 Å². The van der Waals surface area contributed by atoms with E-state index in [0.717, 1.165) is 12.2 Å². The highest BCUT2D eigenvalue weighted by Gasteiger charge is 2.14. The van der Waals surface area contributed by atoms with Crippen LogP contribution in [0.4, 0.5) is 0 Å². The van der Waals surface area contributed by atoms with Crippen molar-refractivity contribution in [2.75, 3.05) is 6.61 Å². The first-order valence-electron chi connectivity index (χ1n) is 5.56. The lowest BCUT2D eigenvalue weighted by molar-refractivity contribution is 0.260. The number of aliphatic hydroxyl groups excluding tert-OH is 1. The molecule has 0 aromatic carbocycles. The van der Waals surface area contributed by atoms with Crippen molar-refractivity contribution in [2.24, 2.45) is 5.73 Å². The Kier molecular flexibility index (Phi) is 3.55. The second-order valence-electron chi connectivity index (χ2n) is 4.12. The number of nitrogens with zero attached hydrogens (tertiary/aromatic N) is 4. The molecular formula is C11H17N5O. The molecule has 2 aromatic heterocycles. The lowest BCUT2D eigenvalue weighted by atomic mass is 10.2. The summed E-state index contributed by atoms with van der Waals surface area (Å²) < 4.78 is 3.99. The summed E-state index contributed by atoms with van der Waals surface area (Å²) in [7, 11) is 0. The molecule has 2 rings (SSSR count). The van der Waals surface area contributed by atoms with Crippen LogP contribution in [0.15, 0.2) is 31.2 Å². The third-order valence-corrected chi connectivity index (χ3v) is 2.78. The van der Waals surface area contributed by atoms with Crippen LogP contribution in [0.25, 0.3) is 0 Å². The van der Waals surface area contributed by atoms with Gasteiger partial charge in [0.15, 0.2) is 0 Å². The van der Waals surface area contributed by atoms with Crippen molar-refractivity contribution in [3.8, 4) is 0 Å². The molecule has 0 fully saturated rings. The highest BCUT2D eigenvalue weighted by molar-refractivity contribution is 5.05. The number of nitrogens with two attached hydrogens (primary N) is 1. The van der Waals surface area contributed by atoms with Gasteiger partial charge in [-0.1, -0.05) is 0 Å². The maximum Gasteiger partial charge on any atom is 0.0951 e. The lowest BCUT2D eigenvalue weighted by Gasteiger charge is -2.19. The summed E-state index contributed by atoms with van der Waals surface area (Å²) in [5.41, 5.74) is 6.67. The Balaban J connectivity index is 2.14. The van der Waals surface area contributed by atoms with Gasteiger partial charge in [0.25, 0.3) is 0 Å². The maximum atomic E-state index is 9.09. The number of aliphatic hydroxyl groups is 1. The van der Waals surface area contributed by atoms with Gasteiger partial charge in [0.2, 0.25) is 0 Å². The molecule has 17 heavy (non-hydrogen) atoms. The first-order chi connectivity index (χ1) is 8.22. The number of hydrogen-bond donors (Lipinski definition) is 2. The van der Waals surface area contributed by atoms with E-state index in [-0.39, 0.29) is 18.7 Å². The minimum Gasteiger partial charge on any atom is -0.394 e. The van der Waals surface area contributed by atoms with E-state index in [1.165, 1.54) is 0 Å². The van der Waals surface area contributed by atoms with Gasteiger partial charge in [0.05, 0.1) is 31.0 Å². The minimum absolute atomic E-state index is 0.0799. The van der Waals surface area contributed by atoms with Gasteiger partial charge in [0.1, 0.15) is 0 Å². The Hall–Kier alpha value is -1.66. The largest absolute Gasteiger partial charge is 0.394 e. The summed E-state index contributed by atoms with van der Waals surface area (Å²) in [6.07, 6.45) is 8.89. The predicted molar refractivity (Wildman–Crippen MR) is 63.2 cm³/mol. The fraction of sp³-hybridized carbons (Fsp3) is 0.455. The fourth-order valence-electron chi connectivity index (χ4n) is 1.85. The standard InChI is InChI=1S/C11H17N5O/c1-9(5-15-3-2-13-7-15)16-8-14-4-11(16)10(12)6-17/h2-4,7-10,17H,5-6,12H2,1H3. The SMILES string of the molecule is CC(Cn1ccnc1)n1cncc1C(N)CO. The van der Waals surface area contributed by atoms with E-state index in [0.29, 0.717) is 0 Å². The zero-order valence-electron chi connectivity index (χ0n) is 9.77. The molecule has 0 saturated carbocycles. The summed E-state index contributed by atoms with van der Waals surface area (Å²) in [5, 5.41) is 9.09. The highest BCUT2D eigenvalue weighted by Crippen LogP contribution is 2.16. The lowest BCUT2D eigenvalue weighted by Crippen LogP contribution is -2.22. The van der Waals surface area contributed by atoms with Crippen LogP contribution in [-0.2, 0) is 6.54 Å². The molecule has 92 valence electrons. The van der Waals surface area contributed by atoms with Crippen molar-refractivity contribution in [1.82, 2.24) is 19.1 Å². The number of aromatic nitrogens is 4. The molecule has 2 heterocycles. The minimum atomic E-state index is -0.386. The molecule has 2 atom stereocenters. The van der Waals surface area contributed by atoms with Crippen LogP contribution in [0, 0.1) is 0 Å². The van der Waals surface area contributed by atoms with Crippen molar-refractivity contribution >= 4 is 0 Å². The van der Waals surface area contributed by atoms with Crippen molar-refractivity contribution in [3.63, 3.8) is 0 Å². The van der Waals surface area contributed by atoms with Crippen LogP contribution in [0.3, 0.4) is 0 Å². The highest BCUT2D eigenvalue weighted by atomic mass is 16.3. The molecular weight excluding hydrogens is 218 g/mol. The molecule has 0 aliphatic rings. The zero-order valence-corrected chi connectivity index (χ0v) is 9.77. The van der Waals surface area contributed by atoms with E-state index in [9.17, 15) is 0 Å². The maximum absolute atomic E-state index is 9.09. The molecule has 0 spiro atoms. The smallest absolute Gasteiger partial charge is 0.0951 e. The third-order valence-electron chi connectivity index (χ3n) is 2.78. The van der Waals surface area contributed by atoms with E-state index in [4.69, 9.17) is 10.8 Å². The Morgan fingerprint density at radius 2 is 2.24 bits per heavy atom. The van der Waals surface area contributed by atoms with E-state index in [1.807, 2.05) is 15.3 Å². The summed E-state index contributed by atoms with van der Waals surface area (Å²) >= 11 is 0. The molecule has 0 aliphatic carbocycles. The van der Waals surface area contributed by atoms with Gasteiger partial charge in [-0.15, -0.1) is 0 Å². The molecule has 0 aliphatic heterocycles. The molecule has 2 unspecified atom stereocenters. The van der Waals surface area contributed by atoms with E-state index in [2.05, 4.69) is 16.9 Å². The Bertz CT molecular complexity index is 450. The second kappa shape index (κ2) is 5.11. The summed E-state index contributed by atoms with van der Waals surface area (Å²) in [6.45, 7) is 2.79. The van der Waals surface area contributed by atoms with Gasteiger partial charge >= 0.3 is 0 Å². The normalized spacial score (nSPS) is 14.8. The summed E-state index contributed by atoms with van der Waals surface area (Å²) in [4.78, 5) is 8.09. The Morgan fingerprint density at radius 3 is 2.88 bits per heavy atom. The van der Waals surface area contributed by atoms with Gasteiger partial charge in [-0.25, -0.2) is 9.97 Å². The van der Waals surface area contributed by atoms with Crippen LogP contribution in [0.2, 0.25) is 0 Å². The van der Waals surface area contributed by atoms with Crippen LogP contribution in [0.1, 0.15) is 24.7 Å². The van der Waals surface area contributed by atoms with Gasteiger partial charge in [-0.05, 0) is 6.92 Å². The number of hydrogen-bond acceptors (Lipinski definition) is 4. The fourth-order valence-corrected chi connectivity index (χ4v) is 1.85. The van der Waals surface area contributed by atoms with Crippen LogP contribution < -0.4 is 5.73 Å². The molecule has 3 N–H and O–H groups in total. The quantitative estimate of drug-likeness (QED) is 0.782. The molecule has 0 radical (unpaired) electrons. The number of rotatable bonds is 5. The van der Waals surface area contributed by atoms with Crippen LogP contribution in [-0.4, -0.2) is 30.8 Å². The second-order valence-corrected chi connectivity index (χ2v) is 4.12. The molecule has 2 aromatic rings. The molecule has 0 saturated heterocycles. The topological polar surface area (TPSA) is 81.9 Å². The van der Waals surface area contributed by atoms with Crippen LogP contribution >= 0.6 is 0 Å². The van der Waals surface area contributed by atoms with Crippen molar-refractivity contribution in [2.45, 2.75) is 25.6 Å². The van der Waals surface area contributed by atoms with Gasteiger partial charge in [-0.3, -0.25) is 0 Å². The first-order valence-corrected chi connectivity index (χ1v) is 5.56. The predicted octanol–water partition coefficient (Wildman–Crippen LogP) is 0.333. The molecule has 0 amide bonds. The molecule has 6 heteroatoms. The van der Waals surface area contributed by atoms with Crippen molar-refractivity contribution in [3.05, 3.63) is 36.9 Å².